The van der Waals surface area contributed by atoms with Crippen molar-refractivity contribution in [1.29, 1.82) is 0 Å². The van der Waals surface area contributed by atoms with E-state index in [4.69, 9.17) is 28.4 Å². The zero-order chi connectivity index (χ0) is 38.5. The number of hydrogen-bond acceptors (Lipinski definition) is 11. The molecular formula is C40H49FN2O11. The van der Waals surface area contributed by atoms with E-state index in [1.165, 1.54) is 13.8 Å². The summed E-state index contributed by atoms with van der Waals surface area (Å²) in [5.74, 6) is -1.67. The van der Waals surface area contributed by atoms with E-state index in [0.29, 0.717) is 0 Å². The van der Waals surface area contributed by atoms with Gasteiger partial charge < -0.3 is 49.3 Å². The number of rotatable bonds is 18. The smallest absolute Gasteiger partial charge is 0.217 e. The molecule has 2 saturated heterocycles. The second kappa shape index (κ2) is 20.5. The fourth-order valence-electron chi connectivity index (χ4n) is 6.70. The lowest BCUT2D eigenvalue weighted by atomic mass is 9.89. The van der Waals surface area contributed by atoms with Crippen LogP contribution >= 0.6 is 0 Å². The van der Waals surface area contributed by atoms with Crippen molar-refractivity contribution in [2.24, 2.45) is 0 Å². The van der Waals surface area contributed by atoms with Gasteiger partial charge in [-0.2, -0.15) is 0 Å². The number of amides is 2. The standard InChI is InChI=1S/C40H49FN2O11/c1-25(45)42-34-31(18-30(47)19-41)52-33(24-49-21-27-12-6-3-7-13-27)37(39(34)51-23-29-16-10-5-11-17-29)54-40-35(43-26(2)46)38(36(48)32(20-44)53-40)50-22-28-14-8-4-9-15-28/h3-17,31-40,44,48H,18-24H2,1-2H3,(H,42,45)(H,43,46)/t31-,32+,33+,34-,35+,36+,37+,38+,39+,40-/m0/s1. The first kappa shape index (κ1) is 41.1. The number of ketones is 1. The molecule has 3 aromatic rings. The average molecular weight is 753 g/mol. The Bertz CT molecular complexity index is 1610. The van der Waals surface area contributed by atoms with Crippen LogP contribution in [0.1, 0.15) is 37.0 Å². The number of hydrogen-bond donors (Lipinski definition) is 4. The van der Waals surface area contributed by atoms with Gasteiger partial charge in [0, 0.05) is 20.3 Å². The van der Waals surface area contributed by atoms with Gasteiger partial charge in [0.15, 0.2) is 12.1 Å². The molecule has 292 valence electrons. The Morgan fingerprint density at radius 3 is 1.72 bits per heavy atom. The fraction of sp³-hybridized carbons (Fsp3) is 0.475. The number of nitrogens with one attached hydrogen (secondary N) is 2. The van der Waals surface area contributed by atoms with E-state index in [1.54, 1.807) is 0 Å². The molecule has 14 heteroatoms. The van der Waals surface area contributed by atoms with Gasteiger partial charge in [0.2, 0.25) is 11.8 Å². The van der Waals surface area contributed by atoms with E-state index in [-0.39, 0.29) is 32.8 Å². The molecule has 3 aromatic carbocycles. The van der Waals surface area contributed by atoms with Crippen molar-refractivity contribution in [3.05, 3.63) is 108 Å². The van der Waals surface area contributed by atoms with Crippen molar-refractivity contribution in [1.82, 2.24) is 10.6 Å². The summed E-state index contributed by atoms with van der Waals surface area (Å²) in [7, 11) is 0. The molecule has 2 heterocycles. The maximum Gasteiger partial charge on any atom is 0.217 e. The van der Waals surface area contributed by atoms with Crippen LogP contribution in [-0.2, 0) is 62.6 Å². The van der Waals surface area contributed by atoms with Crippen LogP contribution in [-0.4, -0.2) is 109 Å². The van der Waals surface area contributed by atoms with E-state index < -0.39 is 92.0 Å². The summed E-state index contributed by atoms with van der Waals surface area (Å²) in [4.78, 5) is 37.9. The molecule has 0 spiro atoms. The molecule has 2 aliphatic rings. The Kier molecular flexibility index (Phi) is 15.6. The Balaban J connectivity index is 1.52. The van der Waals surface area contributed by atoms with Crippen LogP contribution in [0, 0.1) is 0 Å². The first-order chi connectivity index (χ1) is 26.2. The lowest BCUT2D eigenvalue weighted by molar-refractivity contribution is -0.323. The number of aliphatic hydroxyl groups excluding tert-OH is 2. The second-order valence-corrected chi connectivity index (χ2v) is 13.4. The fourth-order valence-corrected chi connectivity index (χ4v) is 6.70. The maximum absolute atomic E-state index is 13.7. The van der Waals surface area contributed by atoms with Gasteiger partial charge in [-0.25, -0.2) is 4.39 Å². The minimum Gasteiger partial charge on any atom is -0.394 e. The predicted molar refractivity (Wildman–Crippen MR) is 192 cm³/mol. The van der Waals surface area contributed by atoms with Crippen LogP contribution in [0.4, 0.5) is 4.39 Å². The highest BCUT2D eigenvalue weighted by molar-refractivity contribution is 5.80. The number of ether oxygens (including phenoxy) is 6. The van der Waals surface area contributed by atoms with E-state index in [9.17, 15) is 29.0 Å². The molecule has 2 fully saturated rings. The number of carbonyl (C=O) groups is 3. The molecule has 5 rings (SSSR count). The number of aliphatic hydroxyl groups is 2. The summed E-state index contributed by atoms with van der Waals surface area (Å²) in [6.45, 7) is 0.940. The van der Waals surface area contributed by atoms with Crippen LogP contribution in [0.15, 0.2) is 91.0 Å². The van der Waals surface area contributed by atoms with Crippen molar-refractivity contribution in [3.8, 4) is 0 Å². The third-order valence-corrected chi connectivity index (χ3v) is 9.22. The quantitative estimate of drug-likeness (QED) is 0.151. The van der Waals surface area contributed by atoms with E-state index in [1.807, 2.05) is 91.0 Å². The number of alkyl halides is 1. The topological polar surface area (TPSA) is 171 Å². The SMILES string of the molecule is CC(=O)N[C@@H]1[C@@H](OCc2ccccc2)[C@H](O[C@@H]2O[C@H](CO)[C@@H](O)[C@H](OCc3ccccc3)[C@H]2NC(C)=O)[C@@H](COCc2ccccc2)O[C@H]1CC(=O)CF. The van der Waals surface area contributed by atoms with Crippen LogP contribution in [0.3, 0.4) is 0 Å². The Morgan fingerprint density at radius 1 is 0.685 bits per heavy atom. The first-order valence-corrected chi connectivity index (χ1v) is 18.0. The van der Waals surface area contributed by atoms with Crippen molar-refractivity contribution in [3.63, 3.8) is 0 Å². The summed E-state index contributed by atoms with van der Waals surface area (Å²) in [5.41, 5.74) is 2.47. The summed E-state index contributed by atoms with van der Waals surface area (Å²) in [5, 5.41) is 27.3. The van der Waals surface area contributed by atoms with Gasteiger partial charge in [-0.05, 0) is 16.7 Å². The highest BCUT2D eigenvalue weighted by atomic mass is 19.1. The number of carbonyl (C=O) groups excluding carboxylic acids is 3. The summed E-state index contributed by atoms with van der Waals surface area (Å²) in [6, 6.07) is 25.7. The molecular weight excluding hydrogens is 703 g/mol. The second-order valence-electron chi connectivity index (χ2n) is 13.4. The largest absolute Gasteiger partial charge is 0.394 e. The lowest BCUT2D eigenvalue weighted by Crippen LogP contribution is -2.69. The van der Waals surface area contributed by atoms with Gasteiger partial charge in [-0.15, -0.1) is 0 Å². The highest BCUT2D eigenvalue weighted by Crippen LogP contribution is 2.34. The zero-order valence-electron chi connectivity index (χ0n) is 30.3. The first-order valence-electron chi connectivity index (χ1n) is 18.0. The number of benzene rings is 3. The number of Topliss-reactive ketones (excluding diaryl/α,β-unsaturated/α-hetero) is 1. The Hall–Kier alpha value is -4.12. The molecule has 2 amide bonds. The van der Waals surface area contributed by atoms with Crippen molar-refractivity contribution >= 4 is 17.6 Å². The molecule has 2 aliphatic heterocycles. The zero-order valence-corrected chi connectivity index (χ0v) is 30.3. The van der Waals surface area contributed by atoms with Crippen molar-refractivity contribution in [2.45, 2.75) is 101 Å². The van der Waals surface area contributed by atoms with Crippen molar-refractivity contribution < 1.29 is 57.4 Å². The van der Waals surface area contributed by atoms with Gasteiger partial charge in [-0.3, -0.25) is 14.4 Å². The molecule has 10 atom stereocenters. The molecule has 0 radical (unpaired) electrons. The minimum absolute atomic E-state index is 0.0459. The molecule has 13 nitrogen and oxygen atoms in total. The van der Waals surface area contributed by atoms with Crippen LogP contribution in [0.25, 0.3) is 0 Å². The predicted octanol–water partition coefficient (Wildman–Crippen LogP) is 2.54. The maximum atomic E-state index is 13.7. The van der Waals surface area contributed by atoms with Gasteiger partial charge in [0.25, 0.3) is 0 Å². The van der Waals surface area contributed by atoms with Gasteiger partial charge in [0.05, 0.1) is 45.2 Å². The third-order valence-electron chi connectivity index (χ3n) is 9.22. The third kappa shape index (κ3) is 11.4. The average Bonchev–Trinajstić information content (AvgIpc) is 3.17. The monoisotopic (exact) mass is 752 g/mol. The minimum atomic E-state index is -1.38. The summed E-state index contributed by atoms with van der Waals surface area (Å²) < 4.78 is 51.9. The lowest BCUT2D eigenvalue weighted by Gasteiger charge is -2.50. The van der Waals surface area contributed by atoms with Gasteiger partial charge in [0.1, 0.15) is 49.3 Å². The molecule has 0 saturated carbocycles. The molecule has 0 aliphatic carbocycles. The molecule has 4 N–H and O–H groups in total. The van der Waals surface area contributed by atoms with Crippen LogP contribution < -0.4 is 10.6 Å². The number of halogens is 1. The van der Waals surface area contributed by atoms with Crippen LogP contribution in [0.5, 0.6) is 0 Å². The normalized spacial score (nSPS) is 28.2. The molecule has 0 unspecified atom stereocenters. The van der Waals surface area contributed by atoms with E-state index in [2.05, 4.69) is 10.6 Å². The summed E-state index contributed by atoms with van der Waals surface area (Å²) >= 11 is 0. The van der Waals surface area contributed by atoms with Gasteiger partial charge >= 0.3 is 0 Å². The Labute approximate surface area is 314 Å². The molecule has 54 heavy (non-hydrogen) atoms. The summed E-state index contributed by atoms with van der Waals surface area (Å²) in [6.07, 6.45) is -9.68. The van der Waals surface area contributed by atoms with Gasteiger partial charge in [-0.1, -0.05) is 91.0 Å². The molecule has 0 aromatic heterocycles. The van der Waals surface area contributed by atoms with Crippen LogP contribution in [0.2, 0.25) is 0 Å². The van der Waals surface area contributed by atoms with Crippen molar-refractivity contribution in [2.75, 3.05) is 19.9 Å². The molecule has 0 bridgehead atoms. The highest BCUT2D eigenvalue weighted by Gasteiger charge is 2.53. The Morgan fingerprint density at radius 2 is 1.20 bits per heavy atom. The van der Waals surface area contributed by atoms with E-state index in [0.717, 1.165) is 16.7 Å². The van der Waals surface area contributed by atoms with E-state index >= 15 is 0 Å².